The van der Waals surface area contributed by atoms with Crippen molar-refractivity contribution in [1.29, 1.82) is 0 Å². The number of aliphatic imine (C=N–C) groups is 1. The summed E-state index contributed by atoms with van der Waals surface area (Å²) in [5, 5.41) is 3.23. The Bertz CT molecular complexity index is 1340. The van der Waals surface area contributed by atoms with Gasteiger partial charge in [-0.25, -0.2) is 9.78 Å². The van der Waals surface area contributed by atoms with Crippen molar-refractivity contribution in [1.82, 2.24) is 20.1 Å². The lowest BCUT2D eigenvalue weighted by molar-refractivity contribution is -0.125. The fraction of sp³-hybridized carbons (Fsp3) is 0.370. The molecule has 3 aromatic rings. The molecule has 2 saturated heterocycles. The number of Topliss-reactive ketones (excluding diaryl/α,β-unsaturated/α-hetero) is 1. The van der Waals surface area contributed by atoms with Crippen molar-refractivity contribution in [3.05, 3.63) is 65.2 Å². The van der Waals surface area contributed by atoms with E-state index in [0.29, 0.717) is 43.2 Å². The van der Waals surface area contributed by atoms with Crippen LogP contribution in [0.3, 0.4) is 0 Å². The van der Waals surface area contributed by atoms with Gasteiger partial charge >= 0.3 is 6.03 Å². The molecule has 3 unspecified atom stereocenters. The molecule has 3 heterocycles. The number of benzene rings is 2. The minimum Gasteiger partial charge on any atom is -0.370 e. The molecule has 0 saturated carbocycles. The molecular formula is C27H31N7O3S2. The lowest BCUT2D eigenvalue weighted by Crippen LogP contribution is -2.58. The summed E-state index contributed by atoms with van der Waals surface area (Å²) in [5.74, 6) is -0.128. The van der Waals surface area contributed by atoms with Gasteiger partial charge in [0.25, 0.3) is 0 Å². The van der Waals surface area contributed by atoms with E-state index in [-0.39, 0.29) is 29.1 Å². The van der Waals surface area contributed by atoms with E-state index in [1.54, 1.807) is 21.6 Å². The molecule has 0 radical (unpaired) electrons. The molecule has 2 aliphatic heterocycles. The van der Waals surface area contributed by atoms with E-state index < -0.39 is 12.1 Å². The number of carbonyl (C=O) groups excluding carboxylic acids is 3. The molecule has 0 aliphatic carbocycles. The number of urea groups is 1. The average Bonchev–Trinajstić information content (AvgIpc) is 3.57. The van der Waals surface area contributed by atoms with Crippen molar-refractivity contribution < 1.29 is 14.4 Å². The summed E-state index contributed by atoms with van der Waals surface area (Å²) in [7, 11) is 0. The number of nitrogens with two attached hydrogens (primary N) is 2. The van der Waals surface area contributed by atoms with E-state index in [0.717, 1.165) is 22.2 Å². The van der Waals surface area contributed by atoms with Crippen LogP contribution in [0, 0.1) is 0 Å². The normalized spacial score (nSPS) is 19.5. The number of carbonyl (C=O) groups is 3. The van der Waals surface area contributed by atoms with Crippen molar-refractivity contribution in [2.75, 3.05) is 18.8 Å². The zero-order valence-electron chi connectivity index (χ0n) is 21.4. The highest BCUT2D eigenvalue weighted by Gasteiger charge is 2.46. The summed E-state index contributed by atoms with van der Waals surface area (Å²) in [6.07, 6.45) is 1.61. The van der Waals surface area contributed by atoms with Gasteiger partial charge in [-0.2, -0.15) is 0 Å². The highest BCUT2D eigenvalue weighted by Crippen LogP contribution is 2.36. The molecule has 2 fully saturated rings. The van der Waals surface area contributed by atoms with Gasteiger partial charge in [0, 0.05) is 25.4 Å². The number of fused-ring (bicyclic) bond motifs is 2. The third kappa shape index (κ3) is 6.17. The van der Waals surface area contributed by atoms with E-state index in [1.165, 1.54) is 11.3 Å². The number of para-hydroxylation sites is 1. The van der Waals surface area contributed by atoms with Gasteiger partial charge in [-0.1, -0.05) is 42.5 Å². The highest BCUT2D eigenvalue weighted by atomic mass is 32.2. The van der Waals surface area contributed by atoms with Crippen molar-refractivity contribution in [3.8, 4) is 0 Å². The van der Waals surface area contributed by atoms with E-state index in [1.807, 2.05) is 54.6 Å². The minimum absolute atomic E-state index is 0.0224. The van der Waals surface area contributed by atoms with Crippen molar-refractivity contribution in [2.45, 2.75) is 43.3 Å². The van der Waals surface area contributed by atoms with Gasteiger partial charge in [-0.15, -0.1) is 23.1 Å². The van der Waals surface area contributed by atoms with Crippen LogP contribution in [0.1, 0.15) is 34.6 Å². The Morgan fingerprint density at radius 3 is 2.67 bits per heavy atom. The van der Waals surface area contributed by atoms with Crippen LogP contribution in [0.5, 0.6) is 0 Å². The van der Waals surface area contributed by atoms with Crippen molar-refractivity contribution in [3.63, 3.8) is 0 Å². The number of hydrogen-bond donors (Lipinski definition) is 3. The SMILES string of the molecule is NC(N)=NCCCC(NC(=O)C1CSC2CCN(Cc3ccccc3)C(=O)N21)C(=O)c1nc2ccccc2s1. The zero-order valence-corrected chi connectivity index (χ0v) is 23.0. The standard InChI is InChI=1S/C27H31N7O3S2/c28-26(29)30-13-6-10-19(23(35)25-32-18-9-4-5-11-21(18)39-25)31-24(36)20-16-38-22-12-14-33(27(37)34(20)22)15-17-7-2-1-3-8-17/h1-5,7-9,11,19-20,22H,6,10,12-16H2,(H,31,36)(H4,28,29,30). The van der Waals surface area contributed by atoms with Gasteiger partial charge in [0.05, 0.1) is 21.6 Å². The fourth-order valence-electron chi connectivity index (χ4n) is 4.89. The van der Waals surface area contributed by atoms with Crippen LogP contribution < -0.4 is 16.8 Å². The number of hydrogen-bond acceptors (Lipinski definition) is 7. The van der Waals surface area contributed by atoms with E-state index in [2.05, 4.69) is 15.3 Å². The maximum Gasteiger partial charge on any atom is 0.321 e. The topological polar surface area (TPSA) is 147 Å². The van der Waals surface area contributed by atoms with Crippen molar-refractivity contribution in [2.24, 2.45) is 16.5 Å². The lowest BCUT2D eigenvalue weighted by atomic mass is 10.1. The van der Waals surface area contributed by atoms with E-state index in [9.17, 15) is 14.4 Å². The van der Waals surface area contributed by atoms with Crippen molar-refractivity contribution >= 4 is 57.0 Å². The van der Waals surface area contributed by atoms with Crippen LogP contribution in [0.25, 0.3) is 10.2 Å². The predicted molar refractivity (Wildman–Crippen MR) is 155 cm³/mol. The number of aromatic nitrogens is 1. The number of thioether (sulfide) groups is 1. The molecule has 0 spiro atoms. The predicted octanol–water partition coefficient (Wildman–Crippen LogP) is 2.79. The zero-order chi connectivity index (χ0) is 27.4. The van der Waals surface area contributed by atoms with Gasteiger partial charge in [-0.05, 0) is 37.0 Å². The maximum atomic E-state index is 13.6. The Morgan fingerprint density at radius 1 is 1.13 bits per heavy atom. The van der Waals surface area contributed by atoms with E-state index >= 15 is 0 Å². The van der Waals surface area contributed by atoms with Gasteiger partial charge in [-0.3, -0.25) is 19.5 Å². The molecule has 3 atom stereocenters. The second-order valence-corrected chi connectivity index (χ2v) is 11.8. The Hall–Kier alpha value is -3.64. The number of nitrogens with one attached hydrogen (secondary N) is 1. The lowest BCUT2D eigenvalue weighted by Gasteiger charge is -2.39. The maximum absolute atomic E-state index is 13.6. The van der Waals surface area contributed by atoms with Gasteiger partial charge in [0.1, 0.15) is 6.04 Å². The first-order valence-corrected chi connectivity index (χ1v) is 14.8. The smallest absolute Gasteiger partial charge is 0.321 e. The van der Waals surface area contributed by atoms with Crippen LogP contribution in [-0.2, 0) is 11.3 Å². The van der Waals surface area contributed by atoms with Gasteiger partial charge in [0.15, 0.2) is 11.0 Å². The Kier molecular flexibility index (Phi) is 8.32. The summed E-state index contributed by atoms with van der Waals surface area (Å²) >= 11 is 2.91. The highest BCUT2D eigenvalue weighted by molar-refractivity contribution is 8.00. The molecule has 0 bridgehead atoms. The van der Waals surface area contributed by atoms with Crippen LogP contribution in [0.2, 0.25) is 0 Å². The summed E-state index contributed by atoms with van der Waals surface area (Å²) in [5.41, 5.74) is 12.7. The molecule has 39 heavy (non-hydrogen) atoms. The Balaban J connectivity index is 1.31. The first-order chi connectivity index (χ1) is 18.9. The molecule has 10 nitrogen and oxygen atoms in total. The quantitative estimate of drug-likeness (QED) is 0.148. The number of nitrogens with zero attached hydrogens (tertiary/aromatic N) is 4. The van der Waals surface area contributed by atoms with Crippen LogP contribution >= 0.6 is 23.1 Å². The molecule has 2 aliphatic rings. The molecule has 5 N–H and O–H groups in total. The number of guanidine groups is 1. The number of rotatable bonds is 10. The molecule has 5 rings (SSSR count). The summed E-state index contributed by atoms with van der Waals surface area (Å²) < 4.78 is 0.902. The molecule has 12 heteroatoms. The second kappa shape index (κ2) is 12.0. The average molecular weight is 566 g/mol. The second-order valence-electron chi connectivity index (χ2n) is 9.55. The summed E-state index contributed by atoms with van der Waals surface area (Å²) in [4.78, 5) is 52.6. The monoisotopic (exact) mass is 565 g/mol. The first-order valence-electron chi connectivity index (χ1n) is 12.9. The molecule has 3 amide bonds. The third-order valence-corrected chi connectivity index (χ3v) is 9.24. The van der Waals surface area contributed by atoms with Gasteiger partial charge < -0.3 is 21.7 Å². The fourth-order valence-corrected chi connectivity index (χ4v) is 7.23. The largest absolute Gasteiger partial charge is 0.370 e. The van der Waals surface area contributed by atoms with Crippen LogP contribution in [0.15, 0.2) is 59.6 Å². The molecule has 1 aromatic heterocycles. The van der Waals surface area contributed by atoms with Gasteiger partial charge in [0.2, 0.25) is 11.7 Å². The Morgan fingerprint density at radius 2 is 1.90 bits per heavy atom. The Labute approximate surface area is 234 Å². The number of thiazole rings is 1. The number of amides is 3. The molecular weight excluding hydrogens is 534 g/mol. The number of ketones is 1. The summed E-state index contributed by atoms with van der Waals surface area (Å²) in [6, 6.07) is 15.7. The van der Waals surface area contributed by atoms with Crippen LogP contribution in [0.4, 0.5) is 4.79 Å². The first kappa shape index (κ1) is 26.9. The van der Waals surface area contributed by atoms with E-state index in [4.69, 9.17) is 11.5 Å². The summed E-state index contributed by atoms with van der Waals surface area (Å²) in [6.45, 7) is 1.47. The molecule has 204 valence electrons. The minimum atomic E-state index is -0.809. The third-order valence-electron chi connectivity index (χ3n) is 6.83. The van der Waals surface area contributed by atoms with Crippen LogP contribution in [-0.4, -0.2) is 74.8 Å². The molecule has 2 aromatic carbocycles.